The third-order valence-electron chi connectivity index (χ3n) is 3.88. The molecule has 0 spiro atoms. The van der Waals surface area contributed by atoms with Crippen molar-refractivity contribution in [2.24, 2.45) is 0 Å². The number of hydrogen-bond donors (Lipinski definition) is 1. The van der Waals surface area contributed by atoms with E-state index >= 15 is 0 Å². The molecule has 0 radical (unpaired) electrons. The Morgan fingerprint density at radius 2 is 1.90 bits per heavy atom. The minimum atomic E-state index is 0.391. The highest BCUT2D eigenvalue weighted by atomic mass is 35.5. The van der Waals surface area contributed by atoms with Gasteiger partial charge in [0, 0.05) is 17.1 Å². The van der Waals surface area contributed by atoms with E-state index in [-0.39, 0.29) is 0 Å². The standard InChI is InChI=1S/C16H27ClN2S/c1-13(10-12-20-4)19(3)11-9-16(18-2)14-5-7-15(17)8-6-14/h5-8,13,16,18H,9-12H2,1-4H3. The maximum absolute atomic E-state index is 5.95. The van der Waals surface area contributed by atoms with Crippen LogP contribution < -0.4 is 5.32 Å². The van der Waals surface area contributed by atoms with Crippen molar-refractivity contribution in [1.82, 2.24) is 10.2 Å². The monoisotopic (exact) mass is 314 g/mol. The lowest BCUT2D eigenvalue weighted by Crippen LogP contribution is -2.32. The topological polar surface area (TPSA) is 15.3 Å². The summed E-state index contributed by atoms with van der Waals surface area (Å²) in [6.45, 7) is 3.41. The van der Waals surface area contributed by atoms with Crippen LogP contribution in [0.5, 0.6) is 0 Å². The van der Waals surface area contributed by atoms with Crippen LogP contribution in [-0.2, 0) is 0 Å². The minimum absolute atomic E-state index is 0.391. The van der Waals surface area contributed by atoms with E-state index in [2.05, 4.69) is 42.6 Å². The fraction of sp³-hybridized carbons (Fsp3) is 0.625. The molecule has 20 heavy (non-hydrogen) atoms. The zero-order chi connectivity index (χ0) is 15.0. The third kappa shape index (κ3) is 6.04. The smallest absolute Gasteiger partial charge is 0.0406 e. The summed E-state index contributed by atoms with van der Waals surface area (Å²) in [5, 5.41) is 4.20. The second kappa shape index (κ2) is 9.67. The van der Waals surface area contributed by atoms with Crippen LogP contribution in [0.4, 0.5) is 0 Å². The van der Waals surface area contributed by atoms with Gasteiger partial charge in [0.25, 0.3) is 0 Å². The quantitative estimate of drug-likeness (QED) is 0.740. The van der Waals surface area contributed by atoms with Gasteiger partial charge >= 0.3 is 0 Å². The van der Waals surface area contributed by atoms with Gasteiger partial charge in [0.1, 0.15) is 0 Å². The van der Waals surface area contributed by atoms with Crippen LogP contribution in [-0.4, -0.2) is 43.6 Å². The van der Waals surface area contributed by atoms with Gasteiger partial charge in [-0.25, -0.2) is 0 Å². The van der Waals surface area contributed by atoms with E-state index < -0.39 is 0 Å². The maximum atomic E-state index is 5.95. The molecule has 0 heterocycles. The van der Waals surface area contributed by atoms with Crippen molar-refractivity contribution in [3.63, 3.8) is 0 Å². The lowest BCUT2D eigenvalue weighted by molar-refractivity contribution is 0.240. The van der Waals surface area contributed by atoms with Gasteiger partial charge in [0.15, 0.2) is 0 Å². The molecule has 0 saturated heterocycles. The molecule has 1 rings (SSSR count). The number of hydrogen-bond acceptors (Lipinski definition) is 3. The van der Waals surface area contributed by atoms with Gasteiger partial charge < -0.3 is 10.2 Å². The van der Waals surface area contributed by atoms with Crippen LogP contribution in [0.2, 0.25) is 5.02 Å². The lowest BCUT2D eigenvalue weighted by atomic mass is 10.0. The predicted molar refractivity (Wildman–Crippen MR) is 93.0 cm³/mol. The predicted octanol–water partition coefficient (Wildman–Crippen LogP) is 4.06. The summed E-state index contributed by atoms with van der Waals surface area (Å²) >= 11 is 7.87. The Morgan fingerprint density at radius 3 is 2.45 bits per heavy atom. The molecule has 1 aromatic rings. The minimum Gasteiger partial charge on any atom is -0.313 e. The average Bonchev–Trinajstić information content (AvgIpc) is 2.46. The number of benzene rings is 1. The molecular weight excluding hydrogens is 288 g/mol. The summed E-state index contributed by atoms with van der Waals surface area (Å²) < 4.78 is 0. The zero-order valence-electron chi connectivity index (χ0n) is 13.0. The maximum Gasteiger partial charge on any atom is 0.0406 e. The highest BCUT2D eigenvalue weighted by Crippen LogP contribution is 2.20. The lowest BCUT2D eigenvalue weighted by Gasteiger charge is -2.27. The third-order valence-corrected chi connectivity index (χ3v) is 4.78. The number of nitrogens with one attached hydrogen (secondary N) is 1. The summed E-state index contributed by atoms with van der Waals surface area (Å²) in [5.41, 5.74) is 1.31. The molecule has 2 atom stereocenters. The van der Waals surface area contributed by atoms with E-state index in [9.17, 15) is 0 Å². The molecule has 0 aromatic heterocycles. The molecule has 1 N–H and O–H groups in total. The molecule has 0 aliphatic heterocycles. The van der Waals surface area contributed by atoms with Crippen molar-refractivity contribution >= 4 is 23.4 Å². The van der Waals surface area contributed by atoms with Crippen LogP contribution in [0, 0.1) is 0 Å². The zero-order valence-corrected chi connectivity index (χ0v) is 14.6. The van der Waals surface area contributed by atoms with E-state index in [1.54, 1.807) is 0 Å². The van der Waals surface area contributed by atoms with Gasteiger partial charge in [-0.15, -0.1) is 0 Å². The van der Waals surface area contributed by atoms with Crippen molar-refractivity contribution in [1.29, 1.82) is 0 Å². The Hall–Kier alpha value is -0.220. The second-order valence-corrected chi connectivity index (χ2v) is 6.71. The Labute approximate surface area is 133 Å². The van der Waals surface area contributed by atoms with E-state index in [1.165, 1.54) is 17.7 Å². The molecule has 114 valence electrons. The Kier molecular flexibility index (Phi) is 8.62. The van der Waals surface area contributed by atoms with E-state index in [0.717, 1.165) is 18.0 Å². The van der Waals surface area contributed by atoms with E-state index in [0.29, 0.717) is 12.1 Å². The van der Waals surface area contributed by atoms with Gasteiger partial charge in [-0.3, -0.25) is 0 Å². The Morgan fingerprint density at radius 1 is 1.25 bits per heavy atom. The number of rotatable bonds is 9. The number of nitrogens with zero attached hydrogens (tertiary/aromatic N) is 1. The van der Waals surface area contributed by atoms with Crippen molar-refractivity contribution < 1.29 is 0 Å². The first-order valence-electron chi connectivity index (χ1n) is 7.20. The van der Waals surface area contributed by atoms with Crippen LogP contribution >= 0.6 is 23.4 Å². The van der Waals surface area contributed by atoms with Gasteiger partial charge in [0.2, 0.25) is 0 Å². The van der Waals surface area contributed by atoms with E-state index in [4.69, 9.17) is 11.6 Å². The van der Waals surface area contributed by atoms with Crippen molar-refractivity contribution in [3.05, 3.63) is 34.9 Å². The van der Waals surface area contributed by atoms with Crippen LogP contribution in [0.1, 0.15) is 31.4 Å². The van der Waals surface area contributed by atoms with Crippen LogP contribution in [0.15, 0.2) is 24.3 Å². The van der Waals surface area contributed by atoms with Crippen molar-refractivity contribution in [2.45, 2.75) is 31.8 Å². The first-order valence-corrected chi connectivity index (χ1v) is 8.97. The summed E-state index contributed by atoms with van der Waals surface area (Å²) in [4.78, 5) is 2.45. The van der Waals surface area contributed by atoms with Crippen LogP contribution in [0.25, 0.3) is 0 Å². The van der Waals surface area contributed by atoms with Crippen molar-refractivity contribution in [3.8, 4) is 0 Å². The molecule has 0 fully saturated rings. The molecule has 2 nitrogen and oxygen atoms in total. The molecule has 0 bridgehead atoms. The molecule has 0 aliphatic rings. The number of halogens is 1. The molecule has 0 saturated carbocycles. The first-order chi connectivity index (χ1) is 9.58. The highest BCUT2D eigenvalue weighted by molar-refractivity contribution is 7.98. The highest BCUT2D eigenvalue weighted by Gasteiger charge is 2.13. The second-order valence-electron chi connectivity index (χ2n) is 5.29. The van der Waals surface area contributed by atoms with E-state index in [1.807, 2.05) is 30.9 Å². The normalized spacial score (nSPS) is 14.5. The molecule has 4 heteroatoms. The van der Waals surface area contributed by atoms with Gasteiger partial charge in [-0.2, -0.15) is 11.8 Å². The summed E-state index contributed by atoms with van der Waals surface area (Å²) in [5.74, 6) is 1.23. The average molecular weight is 315 g/mol. The van der Waals surface area contributed by atoms with Gasteiger partial charge in [-0.1, -0.05) is 23.7 Å². The molecule has 2 unspecified atom stereocenters. The molecule has 0 amide bonds. The van der Waals surface area contributed by atoms with Gasteiger partial charge in [0.05, 0.1) is 0 Å². The Balaban J connectivity index is 2.46. The Bertz CT molecular complexity index is 369. The summed E-state index contributed by atoms with van der Waals surface area (Å²) in [6.07, 6.45) is 4.53. The number of thioether (sulfide) groups is 1. The largest absolute Gasteiger partial charge is 0.313 e. The fourth-order valence-corrected chi connectivity index (χ4v) is 2.94. The summed E-state index contributed by atoms with van der Waals surface area (Å²) in [7, 11) is 4.25. The van der Waals surface area contributed by atoms with Crippen LogP contribution in [0.3, 0.4) is 0 Å². The molecule has 0 aliphatic carbocycles. The fourth-order valence-electron chi connectivity index (χ4n) is 2.23. The molecular formula is C16H27ClN2S. The first kappa shape index (κ1) is 17.8. The van der Waals surface area contributed by atoms with Crippen molar-refractivity contribution in [2.75, 3.05) is 32.6 Å². The van der Waals surface area contributed by atoms with Gasteiger partial charge in [-0.05, 0) is 70.1 Å². The summed E-state index contributed by atoms with van der Waals surface area (Å²) in [6, 6.07) is 9.19. The SMILES string of the molecule is CNC(CCN(C)C(C)CCSC)c1ccc(Cl)cc1. The molecule has 1 aromatic carbocycles.